The number of aromatic amines is 1. The van der Waals surface area contributed by atoms with Gasteiger partial charge in [-0.1, -0.05) is 35.4 Å². The van der Waals surface area contributed by atoms with E-state index in [1.54, 1.807) is 12.1 Å². The third-order valence-corrected chi connectivity index (χ3v) is 4.85. The number of H-pyrrole nitrogens is 1. The summed E-state index contributed by atoms with van der Waals surface area (Å²) in [4.78, 5) is 7.76. The van der Waals surface area contributed by atoms with Gasteiger partial charge >= 0.3 is 0 Å². The Bertz CT molecular complexity index is 682. The van der Waals surface area contributed by atoms with Crippen molar-refractivity contribution in [1.29, 1.82) is 0 Å². The van der Waals surface area contributed by atoms with E-state index in [0.29, 0.717) is 14.7 Å². The van der Waals surface area contributed by atoms with Crippen molar-refractivity contribution >= 4 is 47.2 Å². The summed E-state index contributed by atoms with van der Waals surface area (Å²) in [5, 5.41) is 1.06. The van der Waals surface area contributed by atoms with E-state index in [2.05, 4.69) is 9.97 Å². The molecule has 0 bridgehead atoms. The molecule has 18 heavy (non-hydrogen) atoms. The first-order chi connectivity index (χ1) is 8.65. The minimum Gasteiger partial charge on any atom is -0.342 e. The molecule has 92 valence electrons. The average Bonchev–Trinajstić information content (AvgIpc) is 2.81. The lowest BCUT2D eigenvalue weighted by Crippen LogP contribution is -1.97. The zero-order valence-corrected chi connectivity index (χ0v) is 12.3. The summed E-state index contributed by atoms with van der Waals surface area (Å²) in [6.07, 6.45) is 0. The Morgan fingerprint density at radius 1 is 1.22 bits per heavy atom. The molecule has 1 aromatic heterocycles. The average molecular weight is 315 g/mol. The van der Waals surface area contributed by atoms with Crippen LogP contribution in [0.4, 0.5) is 0 Å². The van der Waals surface area contributed by atoms with Gasteiger partial charge in [0.05, 0.1) is 10.0 Å². The number of nitrogens with one attached hydrogen (secondary N) is 1. The van der Waals surface area contributed by atoms with E-state index in [0.717, 1.165) is 28.5 Å². The highest BCUT2D eigenvalue weighted by molar-refractivity contribution is 7.98. The molecular formula is C12H8Cl2N2S2. The fourth-order valence-corrected chi connectivity index (χ4v) is 3.60. The van der Waals surface area contributed by atoms with E-state index in [1.165, 1.54) is 5.69 Å². The van der Waals surface area contributed by atoms with Crippen LogP contribution in [0.1, 0.15) is 11.3 Å². The molecule has 0 fully saturated rings. The molecule has 0 aliphatic carbocycles. The highest BCUT2D eigenvalue weighted by Gasteiger charge is 2.16. The van der Waals surface area contributed by atoms with Crippen LogP contribution in [0.5, 0.6) is 0 Å². The molecule has 1 aromatic carbocycles. The van der Waals surface area contributed by atoms with Crippen LogP contribution in [-0.4, -0.2) is 9.97 Å². The van der Waals surface area contributed by atoms with Crippen molar-refractivity contribution in [2.24, 2.45) is 0 Å². The first-order valence-corrected chi connectivity index (χ1v) is 7.62. The number of benzene rings is 1. The van der Waals surface area contributed by atoms with Gasteiger partial charge in [0, 0.05) is 28.3 Å². The lowest BCUT2D eigenvalue weighted by molar-refractivity contribution is 1.06. The van der Waals surface area contributed by atoms with Crippen LogP contribution in [-0.2, 0) is 11.5 Å². The molecule has 0 amide bonds. The summed E-state index contributed by atoms with van der Waals surface area (Å²) in [6, 6.07) is 5.45. The first kappa shape index (κ1) is 12.5. The predicted octanol–water partition coefficient (Wildman–Crippen LogP) is 4.86. The van der Waals surface area contributed by atoms with Crippen molar-refractivity contribution in [2.45, 2.75) is 11.5 Å². The van der Waals surface area contributed by atoms with Crippen molar-refractivity contribution in [1.82, 2.24) is 9.97 Å². The van der Waals surface area contributed by atoms with Crippen LogP contribution >= 0.6 is 47.2 Å². The molecule has 2 nitrogen and oxygen atoms in total. The second-order valence-corrected chi connectivity index (χ2v) is 6.16. The summed E-state index contributed by atoms with van der Waals surface area (Å²) in [7, 11) is 0. The van der Waals surface area contributed by atoms with Gasteiger partial charge in [-0.3, -0.25) is 0 Å². The Morgan fingerprint density at radius 3 is 2.83 bits per heavy atom. The molecule has 1 aliphatic rings. The van der Waals surface area contributed by atoms with Crippen molar-refractivity contribution in [3.63, 3.8) is 0 Å². The maximum absolute atomic E-state index is 6.02. The number of hydrogen-bond acceptors (Lipinski definition) is 3. The Hall–Kier alpha value is -0.550. The number of halogens is 2. The SMILES string of the molecule is S=c1nc(-c2ccc(Cl)c(Cl)c2)[nH]c2c1CSC2. The number of nitrogens with zero attached hydrogens (tertiary/aromatic N) is 1. The summed E-state index contributed by atoms with van der Waals surface area (Å²) in [6.45, 7) is 0. The van der Waals surface area contributed by atoms with Crippen LogP contribution in [0.2, 0.25) is 10.0 Å². The van der Waals surface area contributed by atoms with Crippen LogP contribution in [0.15, 0.2) is 18.2 Å². The molecule has 0 radical (unpaired) electrons. The second-order valence-electron chi connectivity index (χ2n) is 3.97. The highest BCUT2D eigenvalue weighted by atomic mass is 35.5. The third-order valence-electron chi connectivity index (χ3n) is 2.79. The van der Waals surface area contributed by atoms with Crippen LogP contribution in [0, 0.1) is 4.64 Å². The van der Waals surface area contributed by atoms with Gasteiger partial charge in [-0.05, 0) is 18.2 Å². The number of hydrogen-bond donors (Lipinski definition) is 1. The van der Waals surface area contributed by atoms with E-state index in [9.17, 15) is 0 Å². The minimum atomic E-state index is 0.519. The van der Waals surface area contributed by atoms with Crippen molar-refractivity contribution < 1.29 is 0 Å². The molecule has 1 N–H and O–H groups in total. The normalized spacial score (nSPS) is 13.7. The molecule has 1 aliphatic heterocycles. The van der Waals surface area contributed by atoms with Crippen LogP contribution in [0.3, 0.4) is 0 Å². The minimum absolute atomic E-state index is 0.519. The number of rotatable bonds is 1. The van der Waals surface area contributed by atoms with E-state index in [-0.39, 0.29) is 0 Å². The second kappa shape index (κ2) is 4.85. The predicted molar refractivity (Wildman–Crippen MR) is 79.9 cm³/mol. The van der Waals surface area contributed by atoms with Crippen molar-refractivity contribution in [2.75, 3.05) is 0 Å². The highest BCUT2D eigenvalue weighted by Crippen LogP contribution is 2.31. The summed E-state index contributed by atoms with van der Waals surface area (Å²) in [5.41, 5.74) is 3.22. The van der Waals surface area contributed by atoms with Gasteiger partial charge in [0.25, 0.3) is 0 Å². The molecule has 6 heteroatoms. The Morgan fingerprint density at radius 2 is 2.06 bits per heavy atom. The van der Waals surface area contributed by atoms with Gasteiger partial charge in [-0.2, -0.15) is 11.8 Å². The van der Waals surface area contributed by atoms with Crippen molar-refractivity contribution in [3.8, 4) is 11.4 Å². The lowest BCUT2D eigenvalue weighted by atomic mass is 10.2. The Kier molecular flexibility index (Phi) is 3.36. The first-order valence-electron chi connectivity index (χ1n) is 5.30. The Balaban J connectivity index is 2.15. The van der Waals surface area contributed by atoms with E-state index < -0.39 is 0 Å². The quantitative estimate of drug-likeness (QED) is 0.762. The van der Waals surface area contributed by atoms with Gasteiger partial charge < -0.3 is 4.98 Å². The van der Waals surface area contributed by atoms with Gasteiger partial charge in [-0.15, -0.1) is 0 Å². The molecule has 0 unspecified atom stereocenters. The fraction of sp³-hybridized carbons (Fsp3) is 0.167. The molecule has 2 heterocycles. The number of thioether (sulfide) groups is 1. The maximum atomic E-state index is 6.02. The molecular weight excluding hydrogens is 307 g/mol. The zero-order valence-electron chi connectivity index (χ0n) is 9.17. The lowest BCUT2D eigenvalue weighted by Gasteiger charge is -2.06. The topological polar surface area (TPSA) is 28.7 Å². The van der Waals surface area contributed by atoms with Crippen LogP contribution in [0.25, 0.3) is 11.4 Å². The molecule has 0 spiro atoms. The summed E-state index contributed by atoms with van der Waals surface area (Å²) in [5.74, 6) is 2.65. The number of fused-ring (bicyclic) bond motifs is 1. The van der Waals surface area contributed by atoms with E-state index in [4.69, 9.17) is 35.4 Å². The Labute approximate surface area is 124 Å². The smallest absolute Gasteiger partial charge is 0.139 e. The summed E-state index contributed by atoms with van der Waals surface area (Å²) < 4.78 is 0.676. The molecule has 0 saturated heterocycles. The molecule has 0 atom stereocenters. The van der Waals surface area contributed by atoms with Gasteiger partial charge in [-0.25, -0.2) is 4.98 Å². The fourth-order valence-electron chi connectivity index (χ4n) is 1.85. The molecule has 0 saturated carbocycles. The monoisotopic (exact) mass is 314 g/mol. The van der Waals surface area contributed by atoms with E-state index in [1.807, 2.05) is 17.8 Å². The largest absolute Gasteiger partial charge is 0.342 e. The maximum Gasteiger partial charge on any atom is 0.139 e. The zero-order chi connectivity index (χ0) is 12.7. The van der Waals surface area contributed by atoms with E-state index >= 15 is 0 Å². The molecule has 2 aromatic rings. The summed E-state index contributed by atoms with van der Waals surface area (Å²) >= 11 is 19.1. The van der Waals surface area contributed by atoms with Crippen molar-refractivity contribution in [3.05, 3.63) is 44.1 Å². The molecule has 3 rings (SSSR count). The standard InChI is InChI=1S/C12H8Cl2N2S2/c13-8-2-1-6(3-9(8)14)11-15-10-5-18-4-7(10)12(17)16-11/h1-3H,4-5H2,(H,15,16,17). The van der Waals surface area contributed by atoms with Gasteiger partial charge in [0.2, 0.25) is 0 Å². The number of aromatic nitrogens is 2. The van der Waals surface area contributed by atoms with Gasteiger partial charge in [0.1, 0.15) is 10.5 Å². The van der Waals surface area contributed by atoms with Gasteiger partial charge in [0.15, 0.2) is 0 Å². The third kappa shape index (κ3) is 2.18. The van der Waals surface area contributed by atoms with Crippen LogP contribution < -0.4 is 0 Å².